The predicted molar refractivity (Wildman–Crippen MR) is 88.3 cm³/mol. The fourth-order valence-corrected chi connectivity index (χ4v) is 3.50. The van der Waals surface area contributed by atoms with Crippen LogP contribution in [0.1, 0.15) is 25.3 Å². The number of likely N-dealkylation sites (tertiary alicyclic amines) is 1. The van der Waals surface area contributed by atoms with Crippen LogP contribution in [0.3, 0.4) is 0 Å². The van der Waals surface area contributed by atoms with Crippen molar-refractivity contribution in [2.45, 2.75) is 32.1 Å². The van der Waals surface area contributed by atoms with E-state index in [1.807, 2.05) is 36.1 Å². The van der Waals surface area contributed by atoms with Gasteiger partial charge in [-0.1, -0.05) is 23.7 Å². The average molecular weight is 339 g/mol. The fourth-order valence-electron chi connectivity index (χ4n) is 3.29. The van der Waals surface area contributed by atoms with Crippen LogP contribution in [0, 0.1) is 5.92 Å². The number of urea groups is 1. The molecule has 0 saturated carbocycles. The van der Waals surface area contributed by atoms with Gasteiger partial charge in [0.1, 0.15) is 0 Å². The van der Waals surface area contributed by atoms with Gasteiger partial charge in [0.2, 0.25) is 0 Å². The van der Waals surface area contributed by atoms with Gasteiger partial charge in [-0.2, -0.15) is 0 Å². The molecule has 2 heterocycles. The van der Waals surface area contributed by atoms with Crippen LogP contribution < -0.4 is 5.32 Å². The van der Waals surface area contributed by atoms with Gasteiger partial charge in [0.25, 0.3) is 0 Å². The second kappa shape index (κ2) is 7.07. The number of halogens is 1. The molecule has 0 unspecified atom stereocenters. The molecule has 0 bridgehead atoms. The number of piperidine rings is 1. The Morgan fingerprint density at radius 3 is 2.96 bits per heavy atom. The summed E-state index contributed by atoms with van der Waals surface area (Å²) >= 11 is 5.97. The highest BCUT2D eigenvalue weighted by Crippen LogP contribution is 2.34. The van der Waals surface area contributed by atoms with Gasteiger partial charge >= 0.3 is 6.03 Å². The molecule has 126 valence electrons. The Morgan fingerprint density at radius 1 is 1.43 bits per heavy atom. The Balaban J connectivity index is 1.54. The third-order valence-electron chi connectivity index (χ3n) is 4.64. The summed E-state index contributed by atoms with van der Waals surface area (Å²) in [7, 11) is 0. The van der Waals surface area contributed by atoms with Crippen molar-refractivity contribution in [2.24, 2.45) is 5.92 Å². The highest BCUT2D eigenvalue weighted by atomic mass is 35.5. The third kappa shape index (κ3) is 3.97. The van der Waals surface area contributed by atoms with E-state index in [0.717, 1.165) is 24.9 Å². The molecule has 3 rings (SSSR count). The monoisotopic (exact) mass is 338 g/mol. The Kier molecular flexibility index (Phi) is 5.09. The van der Waals surface area contributed by atoms with E-state index in [1.54, 1.807) is 0 Å². The Morgan fingerprint density at radius 2 is 2.22 bits per heavy atom. The van der Waals surface area contributed by atoms with Crippen LogP contribution in [-0.2, 0) is 16.0 Å². The molecular weight excluding hydrogens is 316 g/mol. The second-order valence-corrected chi connectivity index (χ2v) is 6.72. The molecule has 5 nitrogen and oxygen atoms in total. The van der Waals surface area contributed by atoms with E-state index < -0.39 is 5.79 Å². The van der Waals surface area contributed by atoms with Crippen LogP contribution >= 0.6 is 11.6 Å². The van der Waals surface area contributed by atoms with E-state index in [1.165, 1.54) is 0 Å². The lowest BCUT2D eigenvalue weighted by atomic mass is 9.90. The van der Waals surface area contributed by atoms with Gasteiger partial charge in [-0.3, -0.25) is 0 Å². The number of hydrogen-bond donors (Lipinski definition) is 1. The van der Waals surface area contributed by atoms with Crippen molar-refractivity contribution in [3.8, 4) is 0 Å². The summed E-state index contributed by atoms with van der Waals surface area (Å²) in [5.74, 6) is -0.331. The summed E-state index contributed by atoms with van der Waals surface area (Å²) in [6.07, 6.45) is 1.99. The molecule has 2 amide bonds. The van der Waals surface area contributed by atoms with E-state index in [4.69, 9.17) is 21.1 Å². The van der Waals surface area contributed by atoms with Crippen LogP contribution in [0.15, 0.2) is 24.3 Å². The first-order valence-electron chi connectivity index (χ1n) is 8.12. The first-order valence-corrected chi connectivity index (χ1v) is 8.50. The molecule has 1 aromatic carbocycles. The Labute approximate surface area is 141 Å². The van der Waals surface area contributed by atoms with Gasteiger partial charge in [-0.15, -0.1) is 0 Å². The summed E-state index contributed by atoms with van der Waals surface area (Å²) < 4.78 is 11.5. The number of rotatable bonds is 3. The van der Waals surface area contributed by atoms with Crippen molar-refractivity contribution >= 4 is 17.6 Å². The van der Waals surface area contributed by atoms with Gasteiger partial charge in [0, 0.05) is 30.6 Å². The normalized spacial score (nSPS) is 23.7. The van der Waals surface area contributed by atoms with E-state index in [0.29, 0.717) is 31.3 Å². The van der Waals surface area contributed by atoms with Crippen LogP contribution in [0.25, 0.3) is 0 Å². The molecule has 6 heteroatoms. The first-order chi connectivity index (χ1) is 11.1. The smallest absolute Gasteiger partial charge is 0.317 e. The molecule has 0 aromatic heterocycles. The van der Waals surface area contributed by atoms with Gasteiger partial charge in [0.05, 0.1) is 13.2 Å². The van der Waals surface area contributed by atoms with Gasteiger partial charge < -0.3 is 19.7 Å². The summed E-state index contributed by atoms with van der Waals surface area (Å²) in [5, 5.41) is 3.65. The van der Waals surface area contributed by atoms with Crippen molar-refractivity contribution in [3.05, 3.63) is 34.9 Å². The molecular formula is C17H23ClN2O3. The molecule has 0 aliphatic carbocycles. The number of ether oxygens (including phenoxy) is 2. The number of benzene rings is 1. The van der Waals surface area contributed by atoms with E-state index in [2.05, 4.69) is 5.32 Å². The van der Waals surface area contributed by atoms with Gasteiger partial charge in [-0.25, -0.2) is 4.79 Å². The first kappa shape index (κ1) is 16.6. The third-order valence-corrected chi connectivity index (χ3v) is 4.88. The fraction of sp³-hybridized carbons (Fsp3) is 0.588. The molecule has 23 heavy (non-hydrogen) atoms. The van der Waals surface area contributed by atoms with Crippen molar-refractivity contribution in [1.29, 1.82) is 0 Å². The zero-order chi connectivity index (χ0) is 16.3. The van der Waals surface area contributed by atoms with Crippen LogP contribution in [-0.4, -0.2) is 43.0 Å². The Hall–Kier alpha value is -1.30. The number of carbonyl (C=O) groups excluding carboxylic acids is 1. The SMILES string of the molecule is CC1([C@H]2CCCN(C(=O)NCc3cccc(Cl)c3)C2)OCCO1. The van der Waals surface area contributed by atoms with Gasteiger partial charge in [-0.05, 0) is 37.5 Å². The van der Waals surface area contributed by atoms with E-state index in [-0.39, 0.29) is 11.9 Å². The number of hydrogen-bond acceptors (Lipinski definition) is 3. The number of carbonyl (C=O) groups is 1. The summed E-state index contributed by atoms with van der Waals surface area (Å²) in [6, 6.07) is 7.48. The lowest BCUT2D eigenvalue weighted by Crippen LogP contribution is -2.51. The molecule has 0 radical (unpaired) electrons. The lowest BCUT2D eigenvalue weighted by Gasteiger charge is -2.39. The topological polar surface area (TPSA) is 50.8 Å². The number of amides is 2. The van der Waals surface area contributed by atoms with Crippen LogP contribution in [0.5, 0.6) is 0 Å². The maximum Gasteiger partial charge on any atom is 0.317 e. The summed E-state index contributed by atoms with van der Waals surface area (Å²) in [4.78, 5) is 14.3. The number of nitrogens with zero attached hydrogens (tertiary/aromatic N) is 1. The maximum atomic E-state index is 12.4. The van der Waals surface area contributed by atoms with Crippen molar-refractivity contribution < 1.29 is 14.3 Å². The standard InChI is InChI=1S/C17H23ClN2O3/c1-17(22-8-9-23-17)14-5-3-7-20(12-14)16(21)19-11-13-4-2-6-15(18)10-13/h2,4,6,10,14H,3,5,7-9,11-12H2,1H3,(H,19,21)/t14-/m0/s1. The second-order valence-electron chi connectivity index (χ2n) is 6.29. The molecule has 2 aliphatic rings. The number of nitrogens with one attached hydrogen (secondary N) is 1. The lowest BCUT2D eigenvalue weighted by molar-refractivity contribution is -0.189. The molecule has 1 N–H and O–H groups in total. The Bertz CT molecular complexity index is 561. The zero-order valence-electron chi connectivity index (χ0n) is 13.4. The molecule has 1 atom stereocenters. The van der Waals surface area contributed by atoms with E-state index in [9.17, 15) is 4.79 Å². The van der Waals surface area contributed by atoms with Crippen molar-refractivity contribution in [1.82, 2.24) is 10.2 Å². The largest absolute Gasteiger partial charge is 0.347 e. The summed E-state index contributed by atoms with van der Waals surface area (Å²) in [5.41, 5.74) is 0.994. The highest BCUT2D eigenvalue weighted by molar-refractivity contribution is 6.30. The molecule has 2 saturated heterocycles. The molecule has 2 fully saturated rings. The minimum Gasteiger partial charge on any atom is -0.347 e. The van der Waals surface area contributed by atoms with Crippen LogP contribution in [0.4, 0.5) is 4.79 Å². The van der Waals surface area contributed by atoms with E-state index >= 15 is 0 Å². The van der Waals surface area contributed by atoms with Gasteiger partial charge in [0.15, 0.2) is 5.79 Å². The molecule has 0 spiro atoms. The maximum absolute atomic E-state index is 12.4. The van der Waals surface area contributed by atoms with Crippen LogP contribution in [0.2, 0.25) is 5.02 Å². The molecule has 1 aromatic rings. The quantitative estimate of drug-likeness (QED) is 0.921. The zero-order valence-corrected chi connectivity index (χ0v) is 14.1. The minimum atomic E-state index is -0.550. The molecule has 2 aliphatic heterocycles. The van der Waals surface area contributed by atoms with Crippen molar-refractivity contribution in [3.63, 3.8) is 0 Å². The predicted octanol–water partition coefficient (Wildman–Crippen LogP) is 3.02. The average Bonchev–Trinajstić information content (AvgIpc) is 3.01. The summed E-state index contributed by atoms with van der Waals surface area (Å²) in [6.45, 7) is 5.16. The van der Waals surface area contributed by atoms with Crippen molar-refractivity contribution in [2.75, 3.05) is 26.3 Å². The minimum absolute atomic E-state index is 0.0451. The highest BCUT2D eigenvalue weighted by Gasteiger charge is 2.42.